The highest BCUT2D eigenvalue weighted by Crippen LogP contribution is 2.36. The number of benzene rings is 2. The second kappa shape index (κ2) is 10.4. The number of carbonyl (C=O) groups excluding carboxylic acids is 1. The van der Waals surface area contributed by atoms with E-state index in [4.69, 9.17) is 4.74 Å². The minimum Gasteiger partial charge on any atom is -0.507 e. The molecule has 2 aromatic carbocycles. The largest absolute Gasteiger partial charge is 0.507 e. The van der Waals surface area contributed by atoms with Gasteiger partial charge < -0.3 is 25.4 Å². The Balaban J connectivity index is 1.40. The summed E-state index contributed by atoms with van der Waals surface area (Å²) in [6.07, 6.45) is 3.39. The molecule has 190 valence electrons. The Morgan fingerprint density at radius 3 is 2.65 bits per heavy atom. The Labute approximate surface area is 215 Å². The monoisotopic (exact) mass is 498 g/mol. The highest BCUT2D eigenvalue weighted by atomic mass is 16.5. The van der Waals surface area contributed by atoms with Crippen molar-refractivity contribution >= 4 is 34.3 Å². The molecule has 37 heavy (non-hydrogen) atoms. The average Bonchev–Trinajstić information content (AvgIpc) is 2.90. The van der Waals surface area contributed by atoms with Crippen molar-refractivity contribution in [3.63, 3.8) is 0 Å². The van der Waals surface area contributed by atoms with Crippen molar-refractivity contribution in [2.24, 2.45) is 0 Å². The first kappa shape index (κ1) is 24.5. The zero-order valence-electron chi connectivity index (χ0n) is 21.2. The van der Waals surface area contributed by atoms with E-state index in [0.717, 1.165) is 35.4 Å². The molecule has 3 heterocycles. The summed E-state index contributed by atoms with van der Waals surface area (Å²) in [6.45, 7) is 8.78. The molecule has 0 unspecified atom stereocenters. The number of ether oxygens (including phenoxy) is 1. The first-order chi connectivity index (χ1) is 17.9. The number of nitrogens with one attached hydrogen (secondary N) is 2. The van der Waals surface area contributed by atoms with Crippen molar-refractivity contribution in [3.8, 4) is 16.9 Å². The molecule has 5 rings (SSSR count). The summed E-state index contributed by atoms with van der Waals surface area (Å²) in [6, 6.07) is 12.9. The number of morpholine rings is 1. The van der Waals surface area contributed by atoms with E-state index in [0.29, 0.717) is 41.5 Å². The van der Waals surface area contributed by atoms with Gasteiger partial charge in [0.15, 0.2) is 0 Å². The molecule has 9 nitrogen and oxygen atoms in total. The Kier molecular flexibility index (Phi) is 6.87. The normalized spacial score (nSPS) is 13.7. The number of fused-ring (bicyclic) bond motifs is 1. The number of rotatable bonds is 6. The third-order valence-electron chi connectivity index (χ3n) is 6.24. The van der Waals surface area contributed by atoms with Gasteiger partial charge in [0.25, 0.3) is 5.91 Å². The fourth-order valence-electron chi connectivity index (χ4n) is 4.33. The predicted molar refractivity (Wildman–Crippen MR) is 145 cm³/mol. The van der Waals surface area contributed by atoms with Crippen LogP contribution in [0.2, 0.25) is 0 Å². The first-order valence-corrected chi connectivity index (χ1v) is 12.3. The molecule has 0 bridgehead atoms. The van der Waals surface area contributed by atoms with E-state index >= 15 is 0 Å². The van der Waals surface area contributed by atoms with Crippen LogP contribution in [0.5, 0.6) is 5.75 Å². The number of nitrogens with zero attached hydrogens (tertiary/aromatic N) is 4. The number of aromatic hydroxyl groups is 1. The molecule has 0 spiro atoms. The molecule has 0 radical (unpaired) electrons. The van der Waals surface area contributed by atoms with E-state index in [1.807, 2.05) is 45.0 Å². The summed E-state index contributed by atoms with van der Waals surface area (Å²) in [5.74, 6) is 1.16. The van der Waals surface area contributed by atoms with Gasteiger partial charge in [-0.1, -0.05) is 6.07 Å². The maximum absolute atomic E-state index is 13.1. The third kappa shape index (κ3) is 5.46. The van der Waals surface area contributed by atoms with Crippen molar-refractivity contribution in [3.05, 3.63) is 66.0 Å². The molecule has 1 aliphatic heterocycles. The Bertz CT molecular complexity index is 1450. The zero-order valence-corrected chi connectivity index (χ0v) is 21.2. The smallest absolute Gasteiger partial charge is 0.255 e. The molecule has 1 aliphatic rings. The molecule has 0 aliphatic carbocycles. The van der Waals surface area contributed by atoms with Gasteiger partial charge in [-0.15, -0.1) is 0 Å². The van der Waals surface area contributed by atoms with E-state index in [9.17, 15) is 9.90 Å². The maximum atomic E-state index is 13.1. The minimum atomic E-state index is -0.229. The van der Waals surface area contributed by atoms with Gasteiger partial charge in [0.05, 0.1) is 18.7 Å². The number of phenols is 1. The van der Waals surface area contributed by atoms with Crippen LogP contribution in [0.1, 0.15) is 29.8 Å². The van der Waals surface area contributed by atoms with E-state index in [-0.39, 0.29) is 17.7 Å². The van der Waals surface area contributed by atoms with Gasteiger partial charge in [0.1, 0.15) is 11.6 Å². The van der Waals surface area contributed by atoms with Gasteiger partial charge in [0.2, 0.25) is 5.95 Å². The van der Waals surface area contributed by atoms with Crippen molar-refractivity contribution in [1.82, 2.24) is 15.0 Å². The molecule has 1 fully saturated rings. The van der Waals surface area contributed by atoms with Crippen LogP contribution < -0.4 is 15.5 Å². The maximum Gasteiger partial charge on any atom is 0.255 e. The Morgan fingerprint density at radius 2 is 1.86 bits per heavy atom. The number of pyridine rings is 1. The lowest BCUT2D eigenvalue weighted by Gasteiger charge is -2.27. The van der Waals surface area contributed by atoms with Crippen LogP contribution in [0.25, 0.3) is 22.0 Å². The third-order valence-corrected chi connectivity index (χ3v) is 6.24. The number of phenolic OH excluding ortho intramolecular Hbond substituents is 1. The van der Waals surface area contributed by atoms with E-state index in [1.165, 1.54) is 0 Å². The summed E-state index contributed by atoms with van der Waals surface area (Å²) in [5, 5.41) is 17.8. The van der Waals surface area contributed by atoms with Crippen LogP contribution in [0, 0.1) is 6.92 Å². The van der Waals surface area contributed by atoms with E-state index < -0.39 is 0 Å². The van der Waals surface area contributed by atoms with Crippen LogP contribution in [0.4, 0.5) is 17.5 Å². The molecule has 1 saturated heterocycles. The van der Waals surface area contributed by atoms with Gasteiger partial charge in [-0.3, -0.25) is 4.79 Å². The number of anilines is 3. The Hall–Kier alpha value is -4.24. The highest BCUT2D eigenvalue weighted by molar-refractivity contribution is 6.05. The average molecular weight is 499 g/mol. The van der Waals surface area contributed by atoms with E-state index in [2.05, 4.69) is 30.5 Å². The molecule has 3 N–H and O–H groups in total. The molecular weight excluding hydrogens is 468 g/mol. The second-order valence-electron chi connectivity index (χ2n) is 9.41. The highest BCUT2D eigenvalue weighted by Gasteiger charge is 2.16. The first-order valence-electron chi connectivity index (χ1n) is 12.3. The predicted octanol–water partition coefficient (Wildman–Crippen LogP) is 4.62. The minimum absolute atomic E-state index is 0.109. The van der Waals surface area contributed by atoms with Gasteiger partial charge in [-0.2, -0.15) is 0 Å². The number of amides is 1. The lowest BCUT2D eigenvalue weighted by Crippen LogP contribution is -2.36. The fourth-order valence-corrected chi connectivity index (χ4v) is 4.33. The molecule has 1 amide bonds. The van der Waals surface area contributed by atoms with E-state index in [1.54, 1.807) is 30.6 Å². The van der Waals surface area contributed by atoms with Crippen LogP contribution in [-0.4, -0.2) is 58.3 Å². The molecule has 9 heteroatoms. The molecule has 0 saturated carbocycles. The molecule has 0 atom stereocenters. The zero-order chi connectivity index (χ0) is 25.9. The number of hydrogen-bond donors (Lipinski definition) is 3. The SMILES string of the molecule is Cc1ccc(NC(=O)c2ccnc(N3CCOCC3)c2)cc1-c1cc2cnc(NC(C)C)nc2cc1O. The topological polar surface area (TPSA) is 113 Å². The van der Waals surface area contributed by atoms with Crippen LogP contribution in [0.15, 0.2) is 54.9 Å². The van der Waals surface area contributed by atoms with Crippen LogP contribution in [0.3, 0.4) is 0 Å². The van der Waals surface area contributed by atoms with Gasteiger partial charge in [-0.25, -0.2) is 15.0 Å². The summed E-state index contributed by atoms with van der Waals surface area (Å²) in [4.78, 5) is 28.5. The van der Waals surface area contributed by atoms with Crippen molar-refractivity contribution in [2.45, 2.75) is 26.8 Å². The lowest BCUT2D eigenvalue weighted by atomic mass is 9.97. The second-order valence-corrected chi connectivity index (χ2v) is 9.41. The van der Waals surface area contributed by atoms with Crippen LogP contribution in [-0.2, 0) is 4.74 Å². The fraction of sp³-hybridized carbons (Fsp3) is 0.286. The Morgan fingerprint density at radius 1 is 1.05 bits per heavy atom. The number of aromatic nitrogens is 3. The number of hydrogen-bond acceptors (Lipinski definition) is 8. The van der Waals surface area contributed by atoms with Crippen molar-refractivity contribution in [1.29, 1.82) is 0 Å². The summed E-state index contributed by atoms with van der Waals surface area (Å²) >= 11 is 0. The van der Waals surface area contributed by atoms with Crippen molar-refractivity contribution < 1.29 is 14.6 Å². The van der Waals surface area contributed by atoms with Gasteiger partial charge >= 0.3 is 0 Å². The van der Waals surface area contributed by atoms with Gasteiger partial charge in [-0.05, 0) is 62.2 Å². The molecule has 4 aromatic rings. The quantitative estimate of drug-likeness (QED) is 0.353. The van der Waals surface area contributed by atoms with Gasteiger partial charge in [0, 0.05) is 59.8 Å². The molecular formula is C28H30N6O3. The summed E-state index contributed by atoms with van der Waals surface area (Å²) in [5.41, 5.74) is 4.22. The summed E-state index contributed by atoms with van der Waals surface area (Å²) < 4.78 is 5.41. The summed E-state index contributed by atoms with van der Waals surface area (Å²) in [7, 11) is 0. The lowest BCUT2D eigenvalue weighted by molar-refractivity contribution is 0.102. The van der Waals surface area contributed by atoms with Crippen molar-refractivity contribution in [2.75, 3.05) is 41.8 Å². The number of aryl methyl sites for hydroxylation is 1. The number of carbonyl (C=O) groups is 1. The molecule has 2 aromatic heterocycles. The standard InChI is InChI=1S/C28H30N6O3/c1-17(2)31-28-30-16-20-12-23(25(35)15-24(20)33-28)22-14-21(5-4-18(22)3)32-27(36)19-6-7-29-26(13-19)34-8-10-37-11-9-34/h4-7,12-17,35H,8-11H2,1-3H3,(H,32,36)(H,30,31,33). The van der Waals surface area contributed by atoms with Crippen LogP contribution >= 0.6 is 0 Å².